The standard InChI is InChI=1S/C9H14F2O2/c1-7(12)13-6-8-2-4-9(10,11)5-3-8/h8H,2-6H2,1H3. The van der Waals surface area contributed by atoms with Gasteiger partial charge >= 0.3 is 5.97 Å². The molecule has 0 spiro atoms. The maximum absolute atomic E-state index is 12.7. The third-order valence-electron chi connectivity index (χ3n) is 2.36. The number of hydrogen-bond acceptors (Lipinski definition) is 2. The lowest BCUT2D eigenvalue weighted by Crippen LogP contribution is -2.27. The molecule has 0 aromatic rings. The topological polar surface area (TPSA) is 26.3 Å². The van der Waals surface area contributed by atoms with E-state index in [1.165, 1.54) is 6.92 Å². The van der Waals surface area contributed by atoms with Crippen molar-refractivity contribution in [3.8, 4) is 0 Å². The fourth-order valence-corrected chi connectivity index (χ4v) is 1.50. The normalized spacial score (nSPS) is 22.7. The van der Waals surface area contributed by atoms with Crippen LogP contribution in [0, 0.1) is 5.92 Å². The van der Waals surface area contributed by atoms with Crippen LogP contribution < -0.4 is 0 Å². The van der Waals surface area contributed by atoms with E-state index in [9.17, 15) is 13.6 Å². The zero-order chi connectivity index (χ0) is 9.90. The molecule has 0 saturated heterocycles. The number of hydrogen-bond donors (Lipinski definition) is 0. The van der Waals surface area contributed by atoms with Crippen LogP contribution in [0.15, 0.2) is 0 Å². The van der Waals surface area contributed by atoms with E-state index in [0.717, 1.165) is 0 Å². The van der Waals surface area contributed by atoms with Crippen LogP contribution in [0.5, 0.6) is 0 Å². The van der Waals surface area contributed by atoms with Gasteiger partial charge in [-0.2, -0.15) is 0 Å². The highest BCUT2D eigenvalue weighted by atomic mass is 19.3. The van der Waals surface area contributed by atoms with Gasteiger partial charge in [0.25, 0.3) is 0 Å². The van der Waals surface area contributed by atoms with Crippen LogP contribution in [0.4, 0.5) is 8.78 Å². The molecule has 0 atom stereocenters. The van der Waals surface area contributed by atoms with Crippen LogP contribution in [0.3, 0.4) is 0 Å². The summed E-state index contributed by atoms with van der Waals surface area (Å²) in [6.07, 6.45) is 0.776. The summed E-state index contributed by atoms with van der Waals surface area (Å²) in [4.78, 5) is 10.4. The molecule has 76 valence electrons. The average molecular weight is 192 g/mol. The molecule has 0 aliphatic heterocycles. The third-order valence-corrected chi connectivity index (χ3v) is 2.36. The van der Waals surface area contributed by atoms with Gasteiger partial charge in [0.05, 0.1) is 6.61 Å². The van der Waals surface area contributed by atoms with E-state index in [1.807, 2.05) is 0 Å². The molecule has 0 unspecified atom stereocenters. The summed E-state index contributed by atoms with van der Waals surface area (Å²) in [6, 6.07) is 0. The lowest BCUT2D eigenvalue weighted by atomic mass is 9.87. The van der Waals surface area contributed by atoms with Crippen molar-refractivity contribution in [2.45, 2.75) is 38.5 Å². The highest BCUT2D eigenvalue weighted by Crippen LogP contribution is 2.36. The molecular formula is C9H14F2O2. The first kappa shape index (κ1) is 10.4. The summed E-state index contributed by atoms with van der Waals surface area (Å²) >= 11 is 0. The quantitative estimate of drug-likeness (QED) is 0.628. The summed E-state index contributed by atoms with van der Waals surface area (Å²) in [6.45, 7) is 1.63. The van der Waals surface area contributed by atoms with Crippen molar-refractivity contribution in [2.75, 3.05) is 6.61 Å². The van der Waals surface area contributed by atoms with E-state index in [0.29, 0.717) is 19.4 Å². The molecule has 0 aromatic carbocycles. The molecule has 0 amide bonds. The van der Waals surface area contributed by atoms with Gasteiger partial charge in [-0.25, -0.2) is 8.78 Å². The Hall–Kier alpha value is -0.670. The lowest BCUT2D eigenvalue weighted by Gasteiger charge is -2.27. The van der Waals surface area contributed by atoms with Crippen LogP contribution in [0.1, 0.15) is 32.6 Å². The molecule has 0 radical (unpaired) electrons. The summed E-state index contributed by atoms with van der Waals surface area (Å²) in [7, 11) is 0. The first-order chi connectivity index (χ1) is 5.99. The largest absolute Gasteiger partial charge is 0.466 e. The van der Waals surface area contributed by atoms with Crippen molar-refractivity contribution in [3.05, 3.63) is 0 Å². The highest BCUT2D eigenvalue weighted by molar-refractivity contribution is 5.65. The molecule has 0 aromatic heterocycles. The van der Waals surface area contributed by atoms with Gasteiger partial charge in [0.2, 0.25) is 5.92 Å². The van der Waals surface area contributed by atoms with E-state index in [2.05, 4.69) is 0 Å². The van der Waals surface area contributed by atoms with Crippen LogP contribution in [-0.4, -0.2) is 18.5 Å². The van der Waals surface area contributed by atoms with E-state index < -0.39 is 5.92 Å². The number of carbonyl (C=O) groups is 1. The number of ether oxygens (including phenoxy) is 1. The fraction of sp³-hybridized carbons (Fsp3) is 0.889. The molecule has 1 aliphatic carbocycles. The average Bonchev–Trinajstić information content (AvgIpc) is 2.02. The fourth-order valence-electron chi connectivity index (χ4n) is 1.50. The van der Waals surface area contributed by atoms with Crippen LogP contribution in [0.25, 0.3) is 0 Å². The molecule has 0 N–H and O–H groups in total. The van der Waals surface area contributed by atoms with Gasteiger partial charge in [-0.1, -0.05) is 0 Å². The molecule has 1 aliphatic rings. The van der Waals surface area contributed by atoms with Gasteiger partial charge in [0.15, 0.2) is 0 Å². The minimum absolute atomic E-state index is 0.0705. The monoisotopic (exact) mass is 192 g/mol. The molecule has 1 rings (SSSR count). The lowest BCUT2D eigenvalue weighted by molar-refractivity contribution is -0.143. The van der Waals surface area contributed by atoms with E-state index in [4.69, 9.17) is 4.74 Å². The maximum Gasteiger partial charge on any atom is 0.302 e. The second-order valence-corrected chi connectivity index (χ2v) is 3.60. The summed E-state index contributed by atoms with van der Waals surface area (Å²) < 4.78 is 30.1. The van der Waals surface area contributed by atoms with Crippen molar-refractivity contribution in [1.82, 2.24) is 0 Å². The number of carbonyl (C=O) groups excluding carboxylic acids is 1. The molecule has 0 bridgehead atoms. The van der Waals surface area contributed by atoms with E-state index in [-0.39, 0.29) is 24.7 Å². The zero-order valence-electron chi connectivity index (χ0n) is 7.69. The van der Waals surface area contributed by atoms with Crippen molar-refractivity contribution in [3.63, 3.8) is 0 Å². The minimum Gasteiger partial charge on any atom is -0.466 e. The second kappa shape index (κ2) is 4.03. The van der Waals surface area contributed by atoms with Gasteiger partial charge in [0, 0.05) is 19.8 Å². The van der Waals surface area contributed by atoms with Crippen molar-refractivity contribution in [2.24, 2.45) is 5.92 Å². The summed E-state index contributed by atoms with van der Waals surface area (Å²) in [5.74, 6) is -2.70. The Bertz CT molecular complexity index is 182. The van der Waals surface area contributed by atoms with Crippen molar-refractivity contribution < 1.29 is 18.3 Å². The van der Waals surface area contributed by atoms with Crippen LogP contribution in [-0.2, 0) is 9.53 Å². The summed E-state index contributed by atoms with van der Waals surface area (Å²) in [5, 5.41) is 0. The van der Waals surface area contributed by atoms with Gasteiger partial charge < -0.3 is 4.74 Å². The molecule has 1 fully saturated rings. The van der Waals surface area contributed by atoms with Crippen LogP contribution >= 0.6 is 0 Å². The number of rotatable bonds is 2. The van der Waals surface area contributed by atoms with Gasteiger partial charge in [0.1, 0.15) is 0 Å². The zero-order valence-corrected chi connectivity index (χ0v) is 7.69. The number of alkyl halides is 2. The molecule has 4 heteroatoms. The minimum atomic E-state index is -2.49. The molecule has 1 saturated carbocycles. The maximum atomic E-state index is 12.7. The second-order valence-electron chi connectivity index (χ2n) is 3.60. The van der Waals surface area contributed by atoms with Gasteiger partial charge in [-0.15, -0.1) is 0 Å². The number of esters is 1. The predicted octanol–water partition coefficient (Wildman–Crippen LogP) is 2.38. The Kier molecular flexibility index (Phi) is 3.22. The Morgan fingerprint density at radius 2 is 2.00 bits per heavy atom. The molecule has 13 heavy (non-hydrogen) atoms. The Balaban J connectivity index is 2.21. The highest BCUT2D eigenvalue weighted by Gasteiger charge is 2.34. The Morgan fingerprint density at radius 1 is 1.46 bits per heavy atom. The summed E-state index contributed by atoms with van der Waals surface area (Å²) in [5.41, 5.74) is 0. The Labute approximate surface area is 76.3 Å². The number of halogens is 2. The SMILES string of the molecule is CC(=O)OCC1CCC(F)(F)CC1. The molecular weight excluding hydrogens is 178 g/mol. The van der Waals surface area contributed by atoms with Gasteiger partial charge in [-0.3, -0.25) is 4.79 Å². The first-order valence-electron chi connectivity index (χ1n) is 4.51. The molecule has 0 heterocycles. The first-order valence-corrected chi connectivity index (χ1v) is 4.51. The smallest absolute Gasteiger partial charge is 0.302 e. The van der Waals surface area contributed by atoms with E-state index >= 15 is 0 Å². The van der Waals surface area contributed by atoms with E-state index in [1.54, 1.807) is 0 Å². The Morgan fingerprint density at radius 3 is 2.46 bits per heavy atom. The van der Waals surface area contributed by atoms with Crippen LogP contribution in [0.2, 0.25) is 0 Å². The third kappa shape index (κ3) is 3.70. The van der Waals surface area contributed by atoms with Gasteiger partial charge in [-0.05, 0) is 18.8 Å². The predicted molar refractivity (Wildman–Crippen MR) is 43.5 cm³/mol. The van der Waals surface area contributed by atoms with Crippen molar-refractivity contribution in [1.29, 1.82) is 0 Å². The molecule has 2 nitrogen and oxygen atoms in total. The van der Waals surface area contributed by atoms with Crippen molar-refractivity contribution >= 4 is 5.97 Å².